The number of phosphoric ester groups is 1. The maximum absolute atomic E-state index is 12.3. The van der Waals surface area contributed by atoms with Crippen molar-refractivity contribution in [1.29, 1.82) is 0 Å². The lowest BCUT2D eigenvalue weighted by molar-refractivity contribution is -0.870. The lowest BCUT2D eigenvalue weighted by atomic mass is 10.0. The van der Waals surface area contributed by atoms with Crippen molar-refractivity contribution in [1.82, 2.24) is 5.32 Å². The van der Waals surface area contributed by atoms with E-state index in [4.69, 9.17) is 9.05 Å². The summed E-state index contributed by atoms with van der Waals surface area (Å²) in [5.74, 6) is -0.249. The molecule has 0 aromatic carbocycles. The average Bonchev–Trinajstić information content (AvgIpc) is 3.04. The van der Waals surface area contributed by atoms with Gasteiger partial charge in [-0.3, -0.25) is 9.36 Å². The van der Waals surface area contributed by atoms with Crippen LogP contribution in [0.1, 0.15) is 162 Å². The predicted molar refractivity (Wildman–Crippen MR) is 205 cm³/mol. The summed E-state index contributed by atoms with van der Waals surface area (Å²) < 4.78 is 22.8. The number of carbonyl (C=O) groups excluding carboxylic acids is 1. The van der Waals surface area contributed by atoms with E-state index in [1.54, 1.807) is 6.08 Å². The molecule has 9 heteroatoms. The number of likely N-dealkylation sites (N-methyl/N-ethyl adjacent to an activating group) is 1. The lowest BCUT2D eigenvalue weighted by Crippen LogP contribution is -2.45. The highest BCUT2D eigenvalue weighted by atomic mass is 31.2. The van der Waals surface area contributed by atoms with Gasteiger partial charge in [-0.2, -0.15) is 0 Å². The van der Waals surface area contributed by atoms with E-state index in [2.05, 4.69) is 36.5 Å². The van der Waals surface area contributed by atoms with Crippen molar-refractivity contribution in [3.8, 4) is 0 Å². The van der Waals surface area contributed by atoms with Crippen LogP contribution in [-0.4, -0.2) is 68.5 Å². The summed E-state index contributed by atoms with van der Waals surface area (Å²) >= 11 is 0. The van der Waals surface area contributed by atoms with Crippen LogP contribution in [0, 0.1) is 0 Å². The molecule has 0 aliphatic carbocycles. The molecule has 0 spiro atoms. The Hall–Kier alpha value is -1.28. The van der Waals surface area contributed by atoms with Crippen LogP contribution in [0.25, 0.3) is 0 Å². The first kappa shape index (κ1) is 47.7. The molecule has 1 amide bonds. The molecular formula is C40H77N2O6P. The second kappa shape index (κ2) is 32.6. The average molecular weight is 713 g/mol. The summed E-state index contributed by atoms with van der Waals surface area (Å²) in [6.45, 7) is 4.35. The first-order valence-corrected chi connectivity index (χ1v) is 21.3. The highest BCUT2D eigenvalue weighted by Crippen LogP contribution is 2.38. The van der Waals surface area contributed by atoms with Crippen LogP contribution >= 0.6 is 7.82 Å². The van der Waals surface area contributed by atoms with E-state index >= 15 is 0 Å². The molecule has 0 heterocycles. The normalized spacial score (nSPS) is 15.0. The Morgan fingerprint density at radius 2 is 1.14 bits per heavy atom. The Kier molecular flexibility index (Phi) is 31.8. The maximum atomic E-state index is 12.3. The zero-order chi connectivity index (χ0) is 36.5. The van der Waals surface area contributed by atoms with Gasteiger partial charge in [0, 0.05) is 6.42 Å². The molecule has 49 heavy (non-hydrogen) atoms. The number of unbranched alkanes of at least 4 members (excludes halogenated alkanes) is 18. The standard InChI is InChI=1S/C40H77N2O6P/c1-6-8-10-11-12-13-14-15-16-17-18-19-20-21-22-23-24-25-26-27-28-29-30-31-32-33-39(43)38(41-40(44)34-9-7-2)37-48-49(45,46)47-36-35-42(3,4)5/h24-25,28-29,32-33,38-39,43H,6-23,26-27,30-31,34-37H2,1-5H3,(H-,41,44,45,46)/b25-24+,29-28+,33-32+. The number of hydrogen-bond acceptors (Lipinski definition) is 6. The second-order valence-corrected chi connectivity index (χ2v) is 16.0. The molecule has 0 aliphatic heterocycles. The number of phosphoric acid groups is 1. The first-order valence-electron chi connectivity index (χ1n) is 19.9. The van der Waals surface area contributed by atoms with Gasteiger partial charge < -0.3 is 28.8 Å². The number of hydrogen-bond donors (Lipinski definition) is 2. The number of aliphatic hydroxyl groups excluding tert-OH is 1. The summed E-state index contributed by atoms with van der Waals surface area (Å²) in [5, 5.41) is 13.4. The molecule has 0 aliphatic rings. The molecule has 8 nitrogen and oxygen atoms in total. The van der Waals surface area contributed by atoms with Gasteiger partial charge in [0.1, 0.15) is 13.2 Å². The van der Waals surface area contributed by atoms with Crippen molar-refractivity contribution in [2.24, 2.45) is 0 Å². The molecule has 3 unspecified atom stereocenters. The number of nitrogens with one attached hydrogen (secondary N) is 1. The highest BCUT2D eigenvalue weighted by molar-refractivity contribution is 7.45. The molecule has 288 valence electrons. The molecule has 0 aromatic heterocycles. The maximum Gasteiger partial charge on any atom is 0.268 e. The van der Waals surface area contributed by atoms with Crippen LogP contribution in [0.3, 0.4) is 0 Å². The fourth-order valence-corrected chi connectivity index (χ4v) is 6.06. The SMILES string of the molecule is CCCCCCCCCCCCCCCCC/C=C/CC/C=C/CC/C=C/C(O)C(COP(=O)([O-])OCC[N+](C)(C)C)NC(=O)CCCC. The fourth-order valence-electron chi connectivity index (χ4n) is 5.34. The molecule has 0 bridgehead atoms. The monoisotopic (exact) mass is 713 g/mol. The van der Waals surface area contributed by atoms with Gasteiger partial charge >= 0.3 is 0 Å². The summed E-state index contributed by atoms with van der Waals surface area (Å²) in [7, 11) is 1.23. The molecule has 0 rings (SSSR count). The minimum atomic E-state index is -4.57. The number of amides is 1. The predicted octanol–water partition coefficient (Wildman–Crippen LogP) is 9.72. The summed E-state index contributed by atoms with van der Waals surface area (Å²) in [6, 6.07) is -0.901. The minimum absolute atomic E-state index is 0.0103. The number of allylic oxidation sites excluding steroid dienone is 5. The van der Waals surface area contributed by atoms with Crippen LogP contribution in [0.4, 0.5) is 0 Å². The van der Waals surface area contributed by atoms with Gasteiger partial charge in [0.05, 0.1) is 39.9 Å². The third kappa shape index (κ3) is 34.9. The largest absolute Gasteiger partial charge is 0.756 e. The van der Waals surface area contributed by atoms with Gasteiger partial charge in [-0.15, -0.1) is 0 Å². The number of aliphatic hydroxyl groups is 1. The number of quaternary nitrogens is 1. The fraction of sp³-hybridized carbons (Fsp3) is 0.825. The second-order valence-electron chi connectivity index (χ2n) is 14.6. The van der Waals surface area contributed by atoms with Crippen molar-refractivity contribution in [3.05, 3.63) is 36.5 Å². The van der Waals surface area contributed by atoms with E-state index in [0.29, 0.717) is 23.9 Å². The van der Waals surface area contributed by atoms with Crippen LogP contribution in [0.5, 0.6) is 0 Å². The Bertz CT molecular complexity index is 902. The summed E-state index contributed by atoms with van der Waals surface area (Å²) in [5.41, 5.74) is 0. The van der Waals surface area contributed by atoms with Crippen molar-refractivity contribution in [2.45, 2.75) is 174 Å². The smallest absolute Gasteiger partial charge is 0.268 e. The molecule has 0 aromatic rings. The molecule has 0 radical (unpaired) electrons. The van der Waals surface area contributed by atoms with Gasteiger partial charge in [-0.05, 0) is 44.9 Å². The highest BCUT2D eigenvalue weighted by Gasteiger charge is 2.23. The summed E-state index contributed by atoms with van der Waals surface area (Å²) in [4.78, 5) is 24.5. The van der Waals surface area contributed by atoms with Crippen molar-refractivity contribution < 1.29 is 32.9 Å². The van der Waals surface area contributed by atoms with Crippen LogP contribution in [0.2, 0.25) is 0 Å². The molecule has 2 N–H and O–H groups in total. The van der Waals surface area contributed by atoms with Gasteiger partial charge in [0.25, 0.3) is 7.82 Å². The Balaban J connectivity index is 4.07. The van der Waals surface area contributed by atoms with E-state index in [-0.39, 0.29) is 12.5 Å². The first-order chi connectivity index (χ1) is 23.5. The topological polar surface area (TPSA) is 108 Å². The van der Waals surface area contributed by atoms with E-state index in [9.17, 15) is 19.4 Å². The zero-order valence-electron chi connectivity index (χ0n) is 32.4. The summed E-state index contributed by atoms with van der Waals surface area (Å²) in [6.07, 6.45) is 39.0. The van der Waals surface area contributed by atoms with Gasteiger partial charge in [0.2, 0.25) is 5.91 Å². The van der Waals surface area contributed by atoms with Crippen LogP contribution < -0.4 is 10.2 Å². The number of carbonyl (C=O) groups is 1. The van der Waals surface area contributed by atoms with E-state index in [1.165, 1.54) is 103 Å². The third-order valence-corrected chi connectivity index (χ3v) is 9.54. The number of rotatable bonds is 35. The minimum Gasteiger partial charge on any atom is -0.756 e. The quantitative estimate of drug-likeness (QED) is 0.0293. The molecule has 0 fully saturated rings. The molecule has 0 saturated heterocycles. The van der Waals surface area contributed by atoms with Crippen LogP contribution in [-0.2, 0) is 18.4 Å². The molecular weight excluding hydrogens is 635 g/mol. The van der Waals surface area contributed by atoms with Crippen molar-refractivity contribution >= 4 is 13.7 Å². The zero-order valence-corrected chi connectivity index (χ0v) is 33.3. The van der Waals surface area contributed by atoms with Crippen molar-refractivity contribution in [2.75, 3.05) is 40.9 Å². The third-order valence-electron chi connectivity index (χ3n) is 8.58. The van der Waals surface area contributed by atoms with Gasteiger partial charge in [-0.25, -0.2) is 0 Å². The van der Waals surface area contributed by atoms with E-state index in [1.807, 2.05) is 34.1 Å². The number of nitrogens with zero attached hydrogens (tertiary/aromatic N) is 1. The molecule has 0 saturated carbocycles. The van der Waals surface area contributed by atoms with Crippen molar-refractivity contribution in [3.63, 3.8) is 0 Å². The van der Waals surface area contributed by atoms with Crippen LogP contribution in [0.15, 0.2) is 36.5 Å². The van der Waals surface area contributed by atoms with Gasteiger partial charge in [-0.1, -0.05) is 147 Å². The lowest BCUT2D eigenvalue weighted by Gasteiger charge is -2.29. The van der Waals surface area contributed by atoms with E-state index in [0.717, 1.165) is 32.1 Å². The Morgan fingerprint density at radius 3 is 1.63 bits per heavy atom. The van der Waals surface area contributed by atoms with Gasteiger partial charge in [0.15, 0.2) is 0 Å². The molecule has 3 atom stereocenters. The Morgan fingerprint density at radius 1 is 0.694 bits per heavy atom. The van der Waals surface area contributed by atoms with E-state index < -0.39 is 26.6 Å². The Labute approximate surface area is 302 Å².